The molecule has 0 unspecified atom stereocenters. The lowest BCUT2D eigenvalue weighted by Crippen LogP contribution is -2.23. The maximum Gasteiger partial charge on any atom is 0.252 e. The standard InChI is InChI=1S/C10H7ClF2N2O2S2/c11-10-14-5-9(18-10)19(16,17)15-4-6-3-7(12)1-2-8(6)13/h1-3,5,15H,4H2. The van der Waals surface area contributed by atoms with Gasteiger partial charge in [-0.15, -0.1) is 0 Å². The van der Waals surface area contributed by atoms with E-state index in [-0.39, 0.29) is 20.8 Å². The van der Waals surface area contributed by atoms with E-state index in [0.29, 0.717) is 0 Å². The summed E-state index contributed by atoms with van der Waals surface area (Å²) in [7, 11) is -3.83. The molecule has 19 heavy (non-hydrogen) atoms. The number of rotatable bonds is 4. The van der Waals surface area contributed by atoms with Gasteiger partial charge in [-0.25, -0.2) is 26.9 Å². The van der Waals surface area contributed by atoms with Crippen LogP contribution in [0.3, 0.4) is 0 Å². The zero-order chi connectivity index (χ0) is 14.0. The van der Waals surface area contributed by atoms with Crippen LogP contribution in [0.2, 0.25) is 4.47 Å². The van der Waals surface area contributed by atoms with E-state index in [4.69, 9.17) is 11.6 Å². The summed E-state index contributed by atoms with van der Waals surface area (Å²) in [6, 6.07) is 2.82. The van der Waals surface area contributed by atoms with Crippen molar-refractivity contribution in [3.63, 3.8) is 0 Å². The predicted octanol–water partition coefficient (Wildman–Crippen LogP) is 2.55. The topological polar surface area (TPSA) is 59.1 Å². The van der Waals surface area contributed by atoms with Crippen LogP contribution in [-0.2, 0) is 16.6 Å². The molecule has 0 amide bonds. The van der Waals surface area contributed by atoms with E-state index >= 15 is 0 Å². The molecular formula is C10H7ClF2N2O2S2. The lowest BCUT2D eigenvalue weighted by atomic mass is 10.2. The minimum atomic E-state index is -3.83. The highest BCUT2D eigenvalue weighted by molar-refractivity contribution is 7.91. The molecule has 0 bridgehead atoms. The van der Waals surface area contributed by atoms with E-state index in [1.807, 2.05) is 0 Å². The Labute approximate surface area is 117 Å². The van der Waals surface area contributed by atoms with E-state index < -0.39 is 21.7 Å². The predicted molar refractivity (Wildman–Crippen MR) is 67.5 cm³/mol. The van der Waals surface area contributed by atoms with Crippen LogP contribution in [0.25, 0.3) is 0 Å². The summed E-state index contributed by atoms with van der Waals surface area (Å²) >= 11 is 6.31. The van der Waals surface area contributed by atoms with Crippen LogP contribution < -0.4 is 4.72 Å². The van der Waals surface area contributed by atoms with E-state index in [1.165, 1.54) is 0 Å². The smallest absolute Gasteiger partial charge is 0.232 e. The van der Waals surface area contributed by atoms with Gasteiger partial charge >= 0.3 is 0 Å². The molecule has 4 nitrogen and oxygen atoms in total. The SMILES string of the molecule is O=S(=O)(NCc1cc(F)ccc1F)c1cnc(Cl)s1. The Balaban J connectivity index is 2.16. The van der Waals surface area contributed by atoms with Gasteiger partial charge in [0, 0.05) is 12.1 Å². The third kappa shape index (κ3) is 3.47. The van der Waals surface area contributed by atoms with Gasteiger partial charge in [0.2, 0.25) is 0 Å². The van der Waals surface area contributed by atoms with Gasteiger partial charge in [-0.05, 0) is 18.2 Å². The fourth-order valence-corrected chi connectivity index (χ4v) is 3.63. The summed E-state index contributed by atoms with van der Waals surface area (Å²) in [5, 5.41) is 0. The van der Waals surface area contributed by atoms with Gasteiger partial charge in [0.1, 0.15) is 11.6 Å². The van der Waals surface area contributed by atoms with Gasteiger partial charge in [0.25, 0.3) is 10.0 Å². The first-order valence-electron chi connectivity index (χ1n) is 4.93. The molecule has 0 atom stereocenters. The van der Waals surface area contributed by atoms with Gasteiger partial charge in [0.05, 0.1) is 6.20 Å². The largest absolute Gasteiger partial charge is 0.252 e. The summed E-state index contributed by atoms with van der Waals surface area (Å²) in [5.41, 5.74) is -0.0841. The Hall–Kier alpha value is -1.09. The van der Waals surface area contributed by atoms with Crippen molar-refractivity contribution in [2.45, 2.75) is 10.8 Å². The number of sulfonamides is 1. The molecular weight excluding hydrogens is 318 g/mol. The third-order valence-corrected chi connectivity index (χ3v) is 5.16. The molecule has 0 saturated heterocycles. The number of halogens is 3. The van der Waals surface area contributed by atoms with Crippen LogP contribution in [-0.4, -0.2) is 13.4 Å². The highest BCUT2D eigenvalue weighted by Crippen LogP contribution is 2.22. The Bertz CT molecular complexity index is 703. The van der Waals surface area contributed by atoms with Crippen molar-refractivity contribution in [1.82, 2.24) is 9.71 Å². The van der Waals surface area contributed by atoms with Crippen molar-refractivity contribution >= 4 is 33.0 Å². The minimum absolute atomic E-state index is 0.0808. The fourth-order valence-electron chi connectivity index (χ4n) is 1.29. The first-order valence-corrected chi connectivity index (χ1v) is 7.61. The minimum Gasteiger partial charge on any atom is -0.232 e. The molecule has 1 aromatic heterocycles. The van der Waals surface area contributed by atoms with Gasteiger partial charge in [-0.3, -0.25) is 0 Å². The van der Waals surface area contributed by atoms with Gasteiger partial charge in [-0.2, -0.15) is 0 Å². The Morgan fingerprint density at radius 3 is 2.74 bits per heavy atom. The first-order chi connectivity index (χ1) is 8.88. The lowest BCUT2D eigenvalue weighted by Gasteiger charge is -2.05. The summed E-state index contributed by atoms with van der Waals surface area (Å²) in [5.74, 6) is -1.33. The highest BCUT2D eigenvalue weighted by Gasteiger charge is 2.18. The van der Waals surface area contributed by atoms with Crippen LogP contribution in [0, 0.1) is 11.6 Å². The molecule has 9 heteroatoms. The zero-order valence-corrected chi connectivity index (χ0v) is 11.6. The molecule has 0 aliphatic carbocycles. The lowest BCUT2D eigenvalue weighted by molar-refractivity contribution is 0.568. The Morgan fingerprint density at radius 1 is 1.37 bits per heavy atom. The van der Waals surface area contributed by atoms with Crippen molar-refractivity contribution < 1.29 is 17.2 Å². The van der Waals surface area contributed by atoms with Crippen LogP contribution in [0.1, 0.15) is 5.56 Å². The molecule has 1 heterocycles. The van der Waals surface area contributed by atoms with Crippen molar-refractivity contribution in [2.75, 3.05) is 0 Å². The van der Waals surface area contributed by atoms with Crippen molar-refractivity contribution in [3.8, 4) is 0 Å². The molecule has 0 saturated carbocycles. The molecule has 0 radical (unpaired) electrons. The van der Waals surface area contributed by atoms with Crippen molar-refractivity contribution in [3.05, 3.63) is 46.1 Å². The number of nitrogens with zero attached hydrogens (tertiary/aromatic N) is 1. The summed E-state index contributed by atoms with van der Waals surface area (Å²) < 4.78 is 52.0. The van der Waals surface area contributed by atoms with E-state index in [1.54, 1.807) is 0 Å². The third-order valence-electron chi connectivity index (χ3n) is 2.18. The maximum absolute atomic E-state index is 13.3. The second-order valence-electron chi connectivity index (χ2n) is 3.49. The second kappa shape index (κ2) is 5.49. The summed E-state index contributed by atoms with van der Waals surface area (Å²) in [6.07, 6.45) is 1.09. The molecule has 1 N–H and O–H groups in total. The molecule has 0 aliphatic rings. The summed E-state index contributed by atoms with van der Waals surface area (Å²) in [4.78, 5) is 3.60. The van der Waals surface area contributed by atoms with Crippen LogP contribution in [0.4, 0.5) is 8.78 Å². The maximum atomic E-state index is 13.3. The quantitative estimate of drug-likeness (QED) is 0.940. The number of hydrogen-bond acceptors (Lipinski definition) is 4. The van der Waals surface area contributed by atoms with Gasteiger partial charge < -0.3 is 0 Å². The average Bonchev–Trinajstić information content (AvgIpc) is 2.78. The number of nitrogens with one attached hydrogen (secondary N) is 1. The van der Waals surface area contributed by atoms with Gasteiger partial charge in [-0.1, -0.05) is 22.9 Å². The van der Waals surface area contributed by atoms with E-state index in [2.05, 4.69) is 9.71 Å². The monoisotopic (exact) mass is 324 g/mol. The molecule has 2 rings (SSSR count). The highest BCUT2D eigenvalue weighted by atomic mass is 35.5. The molecule has 1 aromatic carbocycles. The summed E-state index contributed by atoms with van der Waals surface area (Å²) in [6.45, 7) is -0.360. The van der Waals surface area contributed by atoms with Gasteiger partial charge in [0.15, 0.2) is 8.68 Å². The van der Waals surface area contributed by atoms with E-state index in [0.717, 1.165) is 35.7 Å². The first kappa shape index (κ1) is 14.3. The Morgan fingerprint density at radius 2 is 2.11 bits per heavy atom. The number of thiazole rings is 1. The van der Waals surface area contributed by atoms with Crippen molar-refractivity contribution in [1.29, 1.82) is 0 Å². The van der Waals surface area contributed by atoms with E-state index in [9.17, 15) is 17.2 Å². The molecule has 0 fully saturated rings. The number of benzene rings is 1. The molecule has 102 valence electrons. The molecule has 0 spiro atoms. The normalized spacial score (nSPS) is 11.7. The van der Waals surface area contributed by atoms with Crippen molar-refractivity contribution in [2.24, 2.45) is 0 Å². The fraction of sp³-hybridized carbons (Fsp3) is 0.100. The average molecular weight is 325 g/mol. The van der Waals surface area contributed by atoms with Crippen LogP contribution in [0.15, 0.2) is 28.6 Å². The number of aromatic nitrogens is 1. The number of hydrogen-bond donors (Lipinski definition) is 1. The van der Waals surface area contributed by atoms with Crippen LogP contribution in [0.5, 0.6) is 0 Å². The zero-order valence-electron chi connectivity index (χ0n) is 9.23. The van der Waals surface area contributed by atoms with Crippen LogP contribution >= 0.6 is 22.9 Å². The second-order valence-corrected chi connectivity index (χ2v) is 7.10. The Kier molecular flexibility index (Phi) is 4.14. The molecule has 2 aromatic rings. The molecule has 0 aliphatic heterocycles.